The zero-order chi connectivity index (χ0) is 14.4. The fourth-order valence-electron chi connectivity index (χ4n) is 1.87. The van der Waals surface area contributed by atoms with Gasteiger partial charge in [0.25, 0.3) is 0 Å². The molecule has 0 radical (unpaired) electrons. The highest BCUT2D eigenvalue weighted by Crippen LogP contribution is 2.22. The average Bonchev–Trinajstić information content (AvgIpc) is 2.39. The monoisotopic (exact) mass is 265 g/mol. The molecule has 1 aromatic rings. The van der Waals surface area contributed by atoms with Gasteiger partial charge in [-0.25, -0.2) is 9.97 Å². The number of hydrogen-bond donors (Lipinski definition) is 2. The Kier molecular flexibility index (Phi) is 5.54. The summed E-state index contributed by atoms with van der Waals surface area (Å²) in [6.07, 6.45) is 0.761. The summed E-state index contributed by atoms with van der Waals surface area (Å²) in [5, 5.41) is 5.85. The number of anilines is 2. The van der Waals surface area contributed by atoms with Crippen LogP contribution in [0.25, 0.3) is 0 Å². The minimum absolute atomic E-state index is 0.00734. The zero-order valence-electron chi connectivity index (χ0n) is 12.4. The summed E-state index contributed by atoms with van der Waals surface area (Å²) in [4.78, 5) is 22.4. The number of nitrogens with zero attached hydrogens (tertiary/aromatic N) is 3. The Hall–Kier alpha value is -1.85. The lowest BCUT2D eigenvalue weighted by Gasteiger charge is -2.21. The van der Waals surface area contributed by atoms with Crippen molar-refractivity contribution in [1.29, 1.82) is 0 Å². The van der Waals surface area contributed by atoms with Gasteiger partial charge in [-0.3, -0.25) is 4.79 Å². The first-order chi connectivity index (χ1) is 9.03. The van der Waals surface area contributed by atoms with E-state index >= 15 is 0 Å². The molecule has 19 heavy (non-hydrogen) atoms. The van der Waals surface area contributed by atoms with Crippen molar-refractivity contribution in [2.75, 3.05) is 37.4 Å². The van der Waals surface area contributed by atoms with Gasteiger partial charge >= 0.3 is 0 Å². The molecular formula is C13H23N5O. The molecule has 1 aromatic heterocycles. The Morgan fingerprint density at radius 3 is 2.53 bits per heavy atom. The second-order valence-electron chi connectivity index (χ2n) is 4.35. The highest BCUT2D eigenvalue weighted by molar-refractivity contribution is 5.81. The molecule has 1 heterocycles. The van der Waals surface area contributed by atoms with Crippen LogP contribution in [0.15, 0.2) is 0 Å². The highest BCUT2D eigenvalue weighted by Gasteiger charge is 2.15. The summed E-state index contributed by atoms with van der Waals surface area (Å²) < 4.78 is 0. The first kappa shape index (κ1) is 15.2. The van der Waals surface area contributed by atoms with Crippen LogP contribution in [0.4, 0.5) is 11.6 Å². The van der Waals surface area contributed by atoms with Crippen LogP contribution in [0.5, 0.6) is 0 Å². The normalized spacial score (nSPS) is 10.2. The van der Waals surface area contributed by atoms with Crippen LogP contribution in [-0.4, -0.2) is 43.1 Å². The van der Waals surface area contributed by atoms with Crippen molar-refractivity contribution in [3.05, 3.63) is 11.4 Å². The van der Waals surface area contributed by atoms with E-state index in [9.17, 15) is 4.79 Å². The molecule has 6 heteroatoms. The van der Waals surface area contributed by atoms with E-state index < -0.39 is 0 Å². The molecule has 1 rings (SSSR count). The maximum Gasteiger partial charge on any atom is 0.239 e. The quantitative estimate of drug-likeness (QED) is 0.802. The van der Waals surface area contributed by atoms with E-state index in [0.29, 0.717) is 6.54 Å². The summed E-state index contributed by atoms with van der Waals surface area (Å²) in [6, 6.07) is 0. The fourth-order valence-corrected chi connectivity index (χ4v) is 1.87. The summed E-state index contributed by atoms with van der Waals surface area (Å²) in [5.41, 5.74) is 0.950. The van der Waals surface area contributed by atoms with Gasteiger partial charge in [0.1, 0.15) is 17.5 Å². The number of hydrogen-bond acceptors (Lipinski definition) is 5. The second kappa shape index (κ2) is 6.92. The minimum Gasteiger partial charge on any atom is -0.373 e. The van der Waals surface area contributed by atoms with E-state index in [-0.39, 0.29) is 12.5 Å². The first-order valence-electron chi connectivity index (χ1n) is 6.56. The SMILES string of the molecule is CCNC(=O)CN(C)c1nc(CC)nc(NC)c1C. The van der Waals surface area contributed by atoms with Gasteiger partial charge < -0.3 is 15.5 Å². The molecule has 0 unspecified atom stereocenters. The van der Waals surface area contributed by atoms with Gasteiger partial charge in [-0.2, -0.15) is 0 Å². The lowest BCUT2D eigenvalue weighted by Crippen LogP contribution is -2.35. The Morgan fingerprint density at radius 2 is 2.00 bits per heavy atom. The zero-order valence-corrected chi connectivity index (χ0v) is 12.4. The second-order valence-corrected chi connectivity index (χ2v) is 4.35. The summed E-state index contributed by atoms with van der Waals surface area (Å²) in [7, 11) is 3.70. The van der Waals surface area contributed by atoms with E-state index in [1.54, 1.807) is 0 Å². The van der Waals surface area contributed by atoms with Crippen LogP contribution in [0.3, 0.4) is 0 Å². The van der Waals surface area contributed by atoms with Crippen LogP contribution in [0.1, 0.15) is 25.2 Å². The van der Waals surface area contributed by atoms with Crippen molar-refractivity contribution in [1.82, 2.24) is 15.3 Å². The molecule has 0 aliphatic rings. The van der Waals surface area contributed by atoms with Gasteiger partial charge in [0.15, 0.2) is 0 Å². The molecule has 0 aliphatic heterocycles. The lowest BCUT2D eigenvalue weighted by molar-refractivity contribution is -0.119. The molecular weight excluding hydrogens is 242 g/mol. The maximum atomic E-state index is 11.6. The molecule has 0 bridgehead atoms. The highest BCUT2D eigenvalue weighted by atomic mass is 16.2. The molecule has 0 fully saturated rings. The van der Waals surface area contributed by atoms with Crippen LogP contribution >= 0.6 is 0 Å². The summed E-state index contributed by atoms with van der Waals surface area (Å²) in [5.74, 6) is 2.37. The Bertz CT molecular complexity index is 447. The van der Waals surface area contributed by atoms with Crippen LogP contribution < -0.4 is 15.5 Å². The van der Waals surface area contributed by atoms with Crippen LogP contribution in [0, 0.1) is 6.92 Å². The van der Waals surface area contributed by atoms with Gasteiger partial charge in [0.05, 0.1) is 6.54 Å². The van der Waals surface area contributed by atoms with Crippen LogP contribution in [0.2, 0.25) is 0 Å². The van der Waals surface area contributed by atoms with Gasteiger partial charge in [-0.05, 0) is 13.8 Å². The van der Waals surface area contributed by atoms with Gasteiger partial charge in [0, 0.05) is 32.6 Å². The summed E-state index contributed by atoms with van der Waals surface area (Å²) >= 11 is 0. The summed E-state index contributed by atoms with van der Waals surface area (Å²) in [6.45, 7) is 6.80. The number of aromatic nitrogens is 2. The van der Waals surface area contributed by atoms with E-state index in [1.165, 1.54) is 0 Å². The van der Waals surface area contributed by atoms with E-state index in [0.717, 1.165) is 29.4 Å². The molecule has 0 spiro atoms. The number of nitrogens with one attached hydrogen (secondary N) is 2. The molecule has 0 saturated carbocycles. The third-order valence-corrected chi connectivity index (χ3v) is 2.84. The number of rotatable bonds is 6. The van der Waals surface area contributed by atoms with E-state index in [4.69, 9.17) is 0 Å². The maximum absolute atomic E-state index is 11.6. The molecule has 2 N–H and O–H groups in total. The van der Waals surface area contributed by atoms with Crippen molar-refractivity contribution in [3.63, 3.8) is 0 Å². The third-order valence-electron chi connectivity index (χ3n) is 2.84. The predicted octanol–water partition coefficient (Wildman–Crippen LogP) is 0.961. The van der Waals surface area contributed by atoms with Crippen molar-refractivity contribution >= 4 is 17.5 Å². The largest absolute Gasteiger partial charge is 0.373 e. The lowest BCUT2D eigenvalue weighted by atomic mass is 10.2. The number of carbonyl (C=O) groups is 1. The average molecular weight is 265 g/mol. The van der Waals surface area contributed by atoms with E-state index in [1.807, 2.05) is 39.8 Å². The van der Waals surface area contributed by atoms with Crippen molar-refractivity contribution < 1.29 is 4.79 Å². The Morgan fingerprint density at radius 1 is 1.32 bits per heavy atom. The number of likely N-dealkylation sites (N-methyl/N-ethyl adjacent to an activating group) is 2. The molecule has 0 aliphatic carbocycles. The molecule has 0 saturated heterocycles. The Balaban J connectivity index is 3.00. The van der Waals surface area contributed by atoms with Crippen LogP contribution in [-0.2, 0) is 11.2 Å². The molecule has 6 nitrogen and oxygen atoms in total. The van der Waals surface area contributed by atoms with E-state index in [2.05, 4.69) is 20.6 Å². The smallest absolute Gasteiger partial charge is 0.239 e. The topological polar surface area (TPSA) is 70.2 Å². The van der Waals surface area contributed by atoms with Crippen molar-refractivity contribution in [2.45, 2.75) is 27.2 Å². The fraction of sp³-hybridized carbons (Fsp3) is 0.615. The van der Waals surface area contributed by atoms with Gasteiger partial charge in [-0.1, -0.05) is 6.92 Å². The minimum atomic E-state index is -0.00734. The molecule has 106 valence electrons. The molecule has 0 aromatic carbocycles. The van der Waals surface area contributed by atoms with Crippen molar-refractivity contribution in [3.8, 4) is 0 Å². The first-order valence-corrected chi connectivity index (χ1v) is 6.56. The molecule has 0 atom stereocenters. The van der Waals surface area contributed by atoms with Gasteiger partial charge in [-0.15, -0.1) is 0 Å². The van der Waals surface area contributed by atoms with Crippen molar-refractivity contribution in [2.24, 2.45) is 0 Å². The van der Waals surface area contributed by atoms with Gasteiger partial charge in [0.2, 0.25) is 5.91 Å². The molecule has 1 amide bonds. The standard InChI is InChI=1S/C13H23N5O/c1-6-10-16-12(14-4)9(3)13(17-10)18(5)8-11(19)15-7-2/h6-8H2,1-5H3,(H,15,19)(H,14,16,17). The number of carbonyl (C=O) groups excluding carboxylic acids is 1. The number of aryl methyl sites for hydroxylation is 1. The predicted molar refractivity (Wildman–Crippen MR) is 77.6 cm³/mol. The third kappa shape index (κ3) is 3.81. The Labute approximate surface area is 114 Å². The number of amides is 1.